The maximum atomic E-state index is 12.4. The van der Waals surface area contributed by atoms with E-state index in [0.717, 1.165) is 10.7 Å². The van der Waals surface area contributed by atoms with Crippen molar-refractivity contribution in [3.63, 3.8) is 0 Å². The first-order valence-electron chi connectivity index (χ1n) is 6.54. The third-order valence-corrected chi connectivity index (χ3v) is 5.78. The van der Waals surface area contributed by atoms with Crippen LogP contribution in [0, 0.1) is 20.8 Å². The second kappa shape index (κ2) is 6.27. The van der Waals surface area contributed by atoms with Crippen LogP contribution in [-0.2, 0) is 23.0 Å². The smallest absolute Gasteiger partial charge is 0.244 e. The van der Waals surface area contributed by atoms with Gasteiger partial charge in [0.15, 0.2) is 0 Å². The Labute approximate surface area is 128 Å². The Balaban J connectivity index is 2.12. The van der Waals surface area contributed by atoms with E-state index < -0.39 is 10.0 Å². The Morgan fingerprint density at radius 2 is 2.05 bits per heavy atom. The predicted octanol–water partition coefficient (Wildman–Crippen LogP) is 1.64. The number of nitrogens with two attached hydrogens (primary N) is 1. The molecule has 0 saturated carbocycles. The van der Waals surface area contributed by atoms with E-state index in [1.165, 1.54) is 11.3 Å². The number of hydrogen-bond donors (Lipinski definition) is 2. The predicted molar refractivity (Wildman–Crippen MR) is 81.8 cm³/mol. The number of aryl methyl sites for hydroxylation is 3. The normalized spacial score (nSPS) is 12.0. The molecule has 0 spiro atoms. The van der Waals surface area contributed by atoms with Gasteiger partial charge < -0.3 is 10.2 Å². The summed E-state index contributed by atoms with van der Waals surface area (Å²) in [6.07, 6.45) is 0.561. The summed E-state index contributed by atoms with van der Waals surface area (Å²) in [4.78, 5) is 4.47. The lowest BCUT2D eigenvalue weighted by Crippen LogP contribution is -2.27. The molecule has 0 bridgehead atoms. The molecule has 2 rings (SSSR count). The van der Waals surface area contributed by atoms with Crippen molar-refractivity contribution >= 4 is 21.4 Å². The maximum absolute atomic E-state index is 12.4. The van der Waals surface area contributed by atoms with E-state index in [-0.39, 0.29) is 11.4 Å². The van der Waals surface area contributed by atoms with Crippen molar-refractivity contribution in [2.24, 2.45) is 5.73 Å². The second-order valence-electron chi connectivity index (χ2n) is 4.76. The van der Waals surface area contributed by atoms with Crippen LogP contribution in [0.15, 0.2) is 14.7 Å². The molecule has 0 amide bonds. The number of rotatable bonds is 6. The lowest BCUT2D eigenvalue weighted by Gasteiger charge is -2.07. The molecule has 2 heterocycles. The summed E-state index contributed by atoms with van der Waals surface area (Å²) in [7, 11) is -3.62. The monoisotopic (exact) mass is 329 g/mol. The van der Waals surface area contributed by atoms with E-state index in [2.05, 4.69) is 9.71 Å². The van der Waals surface area contributed by atoms with Gasteiger partial charge in [-0.15, -0.1) is 11.3 Å². The third kappa shape index (κ3) is 3.52. The fraction of sp³-hybridized carbons (Fsp3) is 0.462. The van der Waals surface area contributed by atoms with Gasteiger partial charge in [0.1, 0.15) is 16.4 Å². The standard InChI is InChI=1S/C13H19N3O3S2/c1-8-7-20-12(16-8)4-5-15-21(17,18)13-10(3)19-9(2)11(13)6-14/h7,15H,4-6,14H2,1-3H3. The van der Waals surface area contributed by atoms with Gasteiger partial charge in [-0.05, 0) is 20.8 Å². The van der Waals surface area contributed by atoms with Crippen molar-refractivity contribution in [1.29, 1.82) is 0 Å². The SMILES string of the molecule is Cc1csc(CCNS(=O)(=O)c2c(C)oc(C)c2CN)n1. The molecule has 0 aliphatic carbocycles. The van der Waals surface area contributed by atoms with Gasteiger partial charge in [-0.25, -0.2) is 18.1 Å². The topological polar surface area (TPSA) is 98.2 Å². The zero-order chi connectivity index (χ0) is 15.6. The summed E-state index contributed by atoms with van der Waals surface area (Å²) < 4.78 is 32.8. The summed E-state index contributed by atoms with van der Waals surface area (Å²) in [6, 6.07) is 0. The Kier molecular flexibility index (Phi) is 4.82. The molecular formula is C13H19N3O3S2. The van der Waals surface area contributed by atoms with Gasteiger partial charge in [0, 0.05) is 36.1 Å². The Morgan fingerprint density at radius 3 is 2.62 bits per heavy atom. The average Bonchev–Trinajstić information content (AvgIpc) is 2.92. The third-order valence-electron chi connectivity index (χ3n) is 3.10. The molecule has 21 heavy (non-hydrogen) atoms. The van der Waals surface area contributed by atoms with Crippen LogP contribution in [0.3, 0.4) is 0 Å². The minimum absolute atomic E-state index is 0.130. The number of nitrogens with one attached hydrogen (secondary N) is 1. The zero-order valence-corrected chi connectivity index (χ0v) is 13.9. The molecule has 0 aromatic carbocycles. The Morgan fingerprint density at radius 1 is 1.33 bits per heavy atom. The molecule has 0 unspecified atom stereocenters. The first-order chi connectivity index (χ1) is 9.85. The quantitative estimate of drug-likeness (QED) is 0.839. The Bertz CT molecular complexity index is 732. The number of furan rings is 1. The van der Waals surface area contributed by atoms with Crippen molar-refractivity contribution in [2.75, 3.05) is 6.54 Å². The van der Waals surface area contributed by atoms with Crippen LogP contribution >= 0.6 is 11.3 Å². The number of sulfonamides is 1. The van der Waals surface area contributed by atoms with Crippen molar-refractivity contribution in [3.05, 3.63) is 33.2 Å². The highest BCUT2D eigenvalue weighted by molar-refractivity contribution is 7.89. The minimum Gasteiger partial charge on any atom is -0.465 e. The lowest BCUT2D eigenvalue weighted by molar-refractivity contribution is 0.494. The molecule has 0 radical (unpaired) electrons. The molecular weight excluding hydrogens is 310 g/mol. The van der Waals surface area contributed by atoms with Crippen LogP contribution in [0.5, 0.6) is 0 Å². The lowest BCUT2D eigenvalue weighted by atomic mass is 10.2. The maximum Gasteiger partial charge on any atom is 0.244 e. The van der Waals surface area contributed by atoms with Crippen LogP contribution in [-0.4, -0.2) is 19.9 Å². The number of nitrogens with zero attached hydrogens (tertiary/aromatic N) is 1. The van der Waals surface area contributed by atoms with Gasteiger partial charge >= 0.3 is 0 Å². The van der Waals surface area contributed by atoms with E-state index in [4.69, 9.17) is 10.2 Å². The van der Waals surface area contributed by atoms with Gasteiger partial charge in [-0.1, -0.05) is 0 Å². The van der Waals surface area contributed by atoms with Crippen molar-refractivity contribution in [3.8, 4) is 0 Å². The van der Waals surface area contributed by atoms with Crippen LogP contribution in [0.2, 0.25) is 0 Å². The largest absolute Gasteiger partial charge is 0.465 e. The highest BCUT2D eigenvalue weighted by atomic mass is 32.2. The molecule has 2 aromatic heterocycles. The highest BCUT2D eigenvalue weighted by Crippen LogP contribution is 2.25. The first-order valence-corrected chi connectivity index (χ1v) is 8.91. The summed E-state index contributed by atoms with van der Waals surface area (Å²) in [5.74, 6) is 0.913. The second-order valence-corrected chi connectivity index (χ2v) is 7.40. The van der Waals surface area contributed by atoms with Gasteiger partial charge in [0.25, 0.3) is 0 Å². The molecule has 116 valence electrons. The van der Waals surface area contributed by atoms with E-state index in [1.54, 1.807) is 13.8 Å². The minimum atomic E-state index is -3.62. The fourth-order valence-electron chi connectivity index (χ4n) is 2.18. The van der Waals surface area contributed by atoms with Gasteiger partial charge in [0.05, 0.1) is 5.01 Å². The summed E-state index contributed by atoms with van der Waals surface area (Å²) in [5.41, 5.74) is 7.10. The molecule has 6 nitrogen and oxygen atoms in total. The van der Waals surface area contributed by atoms with E-state index >= 15 is 0 Å². The van der Waals surface area contributed by atoms with Crippen LogP contribution in [0.1, 0.15) is 27.8 Å². The fourth-order valence-corrected chi connectivity index (χ4v) is 4.44. The summed E-state index contributed by atoms with van der Waals surface area (Å²) in [6.45, 7) is 5.68. The van der Waals surface area contributed by atoms with E-state index in [9.17, 15) is 8.42 Å². The number of aromatic nitrogens is 1. The van der Waals surface area contributed by atoms with Crippen molar-refractivity contribution < 1.29 is 12.8 Å². The van der Waals surface area contributed by atoms with Crippen LogP contribution in [0.4, 0.5) is 0 Å². The van der Waals surface area contributed by atoms with Crippen molar-refractivity contribution in [2.45, 2.75) is 38.6 Å². The number of hydrogen-bond acceptors (Lipinski definition) is 6. The highest BCUT2D eigenvalue weighted by Gasteiger charge is 2.25. The van der Waals surface area contributed by atoms with Crippen LogP contribution in [0.25, 0.3) is 0 Å². The van der Waals surface area contributed by atoms with E-state index in [1.807, 2.05) is 12.3 Å². The number of thiazole rings is 1. The Hall–Kier alpha value is -1.22. The van der Waals surface area contributed by atoms with Gasteiger partial charge in [-0.3, -0.25) is 0 Å². The van der Waals surface area contributed by atoms with E-state index in [0.29, 0.717) is 30.0 Å². The van der Waals surface area contributed by atoms with Gasteiger partial charge in [0.2, 0.25) is 10.0 Å². The molecule has 2 aromatic rings. The molecule has 3 N–H and O–H groups in total. The van der Waals surface area contributed by atoms with Gasteiger partial charge in [-0.2, -0.15) is 0 Å². The molecule has 8 heteroatoms. The molecule has 0 aliphatic heterocycles. The average molecular weight is 329 g/mol. The first kappa shape index (κ1) is 16.2. The van der Waals surface area contributed by atoms with Crippen LogP contribution < -0.4 is 10.5 Å². The molecule has 0 aliphatic rings. The summed E-state index contributed by atoms with van der Waals surface area (Å²) >= 11 is 1.53. The summed E-state index contributed by atoms with van der Waals surface area (Å²) in [5, 5.41) is 2.86. The molecule has 0 fully saturated rings. The molecule has 0 atom stereocenters. The van der Waals surface area contributed by atoms with Crippen molar-refractivity contribution in [1.82, 2.24) is 9.71 Å². The molecule has 0 saturated heterocycles. The zero-order valence-electron chi connectivity index (χ0n) is 12.3.